The van der Waals surface area contributed by atoms with Gasteiger partial charge in [-0.2, -0.15) is 18.3 Å². The van der Waals surface area contributed by atoms with E-state index in [0.717, 1.165) is 17.7 Å². The third kappa shape index (κ3) is 4.80. The smallest absolute Gasteiger partial charge is 0.335 e. The minimum absolute atomic E-state index is 0.0698. The largest absolute Gasteiger partial charge is 0.416 e. The lowest BCUT2D eigenvalue weighted by Gasteiger charge is -2.16. The molecule has 0 aliphatic heterocycles. The highest BCUT2D eigenvalue weighted by Gasteiger charge is 2.31. The van der Waals surface area contributed by atoms with Crippen LogP contribution < -0.4 is 0 Å². The van der Waals surface area contributed by atoms with Crippen LogP contribution in [0.1, 0.15) is 32.9 Å². The first-order valence-electron chi connectivity index (χ1n) is 9.27. The van der Waals surface area contributed by atoms with Crippen molar-refractivity contribution < 1.29 is 22.8 Å². The molecule has 0 aliphatic rings. The quantitative estimate of drug-likeness (QED) is 0.407. The van der Waals surface area contributed by atoms with Crippen LogP contribution in [0.5, 0.6) is 0 Å². The minimum Gasteiger partial charge on any atom is -0.335 e. The number of benzene rings is 2. The molecule has 0 fully saturated rings. The molecular formula is C22H19ClF3N3O2. The summed E-state index contributed by atoms with van der Waals surface area (Å²) in [5.74, 6) is -1.53. The van der Waals surface area contributed by atoms with Crippen molar-refractivity contribution in [3.63, 3.8) is 0 Å². The number of aromatic nitrogens is 2. The third-order valence-electron chi connectivity index (χ3n) is 4.79. The summed E-state index contributed by atoms with van der Waals surface area (Å²) in [4.78, 5) is 26.9. The van der Waals surface area contributed by atoms with Crippen molar-refractivity contribution in [2.75, 3.05) is 7.05 Å². The molecule has 0 bridgehead atoms. The topological polar surface area (TPSA) is 55.2 Å². The van der Waals surface area contributed by atoms with Crippen LogP contribution in [0.15, 0.2) is 48.5 Å². The summed E-state index contributed by atoms with van der Waals surface area (Å²) in [6.45, 7) is 3.25. The number of halogens is 4. The maximum Gasteiger partial charge on any atom is 0.416 e. The summed E-state index contributed by atoms with van der Waals surface area (Å²) in [6, 6.07) is 11.5. The predicted molar refractivity (Wildman–Crippen MR) is 110 cm³/mol. The molecule has 0 radical (unpaired) electrons. The number of rotatable bonds is 5. The van der Waals surface area contributed by atoms with Gasteiger partial charge in [0.2, 0.25) is 0 Å². The molecule has 3 rings (SSSR count). The Kier molecular flexibility index (Phi) is 6.22. The summed E-state index contributed by atoms with van der Waals surface area (Å²) in [5.41, 5.74) is 0.678. The van der Waals surface area contributed by atoms with Gasteiger partial charge < -0.3 is 4.90 Å². The molecule has 1 amide bonds. The maximum atomic E-state index is 13.1. The van der Waals surface area contributed by atoms with Crippen molar-refractivity contribution >= 4 is 23.3 Å². The molecule has 31 heavy (non-hydrogen) atoms. The van der Waals surface area contributed by atoms with Gasteiger partial charge in [-0.05, 0) is 49.7 Å². The first-order chi connectivity index (χ1) is 14.5. The molecule has 0 saturated heterocycles. The fraction of sp³-hybridized carbons (Fsp3) is 0.227. The maximum absolute atomic E-state index is 13.1. The molecule has 0 atom stereocenters. The van der Waals surface area contributed by atoms with Crippen molar-refractivity contribution in [2.24, 2.45) is 0 Å². The average molecular weight is 450 g/mol. The zero-order valence-electron chi connectivity index (χ0n) is 17.0. The number of carbonyl (C=O) groups excluding carboxylic acids is 2. The average Bonchev–Trinajstić information content (AvgIpc) is 3.00. The molecule has 3 aromatic rings. The van der Waals surface area contributed by atoms with Crippen LogP contribution >= 0.6 is 11.6 Å². The molecule has 162 valence electrons. The van der Waals surface area contributed by atoms with E-state index in [4.69, 9.17) is 11.6 Å². The summed E-state index contributed by atoms with van der Waals surface area (Å²) < 4.78 is 40.4. The molecule has 9 heteroatoms. The van der Waals surface area contributed by atoms with Crippen LogP contribution in [0.25, 0.3) is 5.69 Å². The number of nitrogens with zero attached hydrogens (tertiary/aromatic N) is 3. The number of hydrogen-bond donors (Lipinski definition) is 0. The SMILES string of the molecule is Cc1nn(-c2cccc(C(F)(F)F)c2)c(C)c1C(=O)C(=O)N(C)Cc1cccc(Cl)c1. The fourth-order valence-corrected chi connectivity index (χ4v) is 3.51. The second-order valence-corrected chi connectivity index (χ2v) is 7.56. The van der Waals surface area contributed by atoms with E-state index < -0.39 is 23.4 Å². The van der Waals surface area contributed by atoms with Gasteiger partial charge in [0.25, 0.3) is 11.7 Å². The summed E-state index contributed by atoms with van der Waals surface area (Å²) in [6.07, 6.45) is -4.51. The van der Waals surface area contributed by atoms with E-state index in [0.29, 0.717) is 5.02 Å². The second kappa shape index (κ2) is 8.55. The first kappa shape index (κ1) is 22.6. The number of aryl methyl sites for hydroxylation is 1. The lowest BCUT2D eigenvalue weighted by Crippen LogP contribution is -2.33. The van der Waals surface area contributed by atoms with Gasteiger partial charge in [0.15, 0.2) is 0 Å². The molecule has 0 spiro atoms. The van der Waals surface area contributed by atoms with E-state index in [1.807, 2.05) is 0 Å². The Balaban J connectivity index is 1.89. The lowest BCUT2D eigenvalue weighted by atomic mass is 10.1. The van der Waals surface area contributed by atoms with Crippen molar-refractivity contribution in [1.82, 2.24) is 14.7 Å². The highest BCUT2D eigenvalue weighted by molar-refractivity contribution is 6.43. The monoisotopic (exact) mass is 449 g/mol. The molecule has 2 aromatic carbocycles. The van der Waals surface area contributed by atoms with Crippen LogP contribution in [0.3, 0.4) is 0 Å². The molecule has 0 N–H and O–H groups in total. The highest BCUT2D eigenvalue weighted by Crippen LogP contribution is 2.31. The van der Waals surface area contributed by atoms with Gasteiger partial charge in [-0.1, -0.05) is 29.8 Å². The van der Waals surface area contributed by atoms with Gasteiger partial charge in [0, 0.05) is 18.6 Å². The van der Waals surface area contributed by atoms with Gasteiger partial charge in [-0.15, -0.1) is 0 Å². The Morgan fingerprint density at radius 2 is 1.77 bits per heavy atom. The van der Waals surface area contributed by atoms with E-state index >= 15 is 0 Å². The van der Waals surface area contributed by atoms with Crippen LogP contribution in [0, 0.1) is 13.8 Å². The van der Waals surface area contributed by atoms with Gasteiger partial charge in [0.05, 0.1) is 28.2 Å². The number of alkyl halides is 3. The zero-order chi connectivity index (χ0) is 22.9. The minimum atomic E-state index is -4.51. The Hall–Kier alpha value is -3.13. The van der Waals surface area contributed by atoms with E-state index in [1.54, 1.807) is 24.3 Å². The number of ketones is 1. The van der Waals surface area contributed by atoms with Crippen molar-refractivity contribution in [1.29, 1.82) is 0 Å². The molecule has 1 heterocycles. The predicted octanol–water partition coefficient (Wildman–Crippen LogP) is 5.00. The summed E-state index contributed by atoms with van der Waals surface area (Å²) in [5, 5.41) is 4.71. The summed E-state index contributed by atoms with van der Waals surface area (Å²) in [7, 11) is 1.49. The molecule has 1 aromatic heterocycles. The number of likely N-dealkylation sites (N-methyl/N-ethyl adjacent to an activating group) is 1. The Morgan fingerprint density at radius 1 is 1.10 bits per heavy atom. The van der Waals surface area contributed by atoms with Crippen LogP contribution in [-0.2, 0) is 17.5 Å². The number of amides is 1. The van der Waals surface area contributed by atoms with Crippen LogP contribution in [0.4, 0.5) is 13.2 Å². The van der Waals surface area contributed by atoms with Gasteiger partial charge in [0.1, 0.15) is 0 Å². The normalized spacial score (nSPS) is 11.5. The number of carbonyl (C=O) groups is 2. The fourth-order valence-electron chi connectivity index (χ4n) is 3.30. The Labute approximate surface area is 182 Å². The van der Waals surface area contributed by atoms with Crippen molar-refractivity contribution in [2.45, 2.75) is 26.6 Å². The highest BCUT2D eigenvalue weighted by atomic mass is 35.5. The Morgan fingerprint density at radius 3 is 2.42 bits per heavy atom. The second-order valence-electron chi connectivity index (χ2n) is 7.13. The number of Topliss-reactive ketones (excluding diaryl/α,β-unsaturated/α-hetero) is 1. The summed E-state index contributed by atoms with van der Waals surface area (Å²) >= 11 is 5.96. The van der Waals surface area contributed by atoms with Crippen molar-refractivity contribution in [3.8, 4) is 5.69 Å². The molecule has 0 unspecified atom stereocenters. The van der Waals surface area contributed by atoms with E-state index in [9.17, 15) is 22.8 Å². The van der Waals surface area contributed by atoms with E-state index in [1.165, 1.54) is 42.6 Å². The zero-order valence-corrected chi connectivity index (χ0v) is 17.8. The first-order valence-corrected chi connectivity index (χ1v) is 9.65. The van der Waals surface area contributed by atoms with Crippen LogP contribution in [-0.4, -0.2) is 33.4 Å². The molecular weight excluding hydrogens is 431 g/mol. The lowest BCUT2D eigenvalue weighted by molar-refractivity contribution is -0.137. The standard InChI is InChI=1S/C22H19ClF3N3O2/c1-13-19(20(30)21(31)28(3)12-15-6-4-8-17(23)10-15)14(2)29(27-13)18-9-5-7-16(11-18)22(24,25)26/h4-11H,12H2,1-3H3. The molecule has 5 nitrogen and oxygen atoms in total. The van der Waals surface area contributed by atoms with Crippen LogP contribution in [0.2, 0.25) is 5.02 Å². The van der Waals surface area contributed by atoms with E-state index in [-0.39, 0.29) is 29.2 Å². The molecule has 0 aliphatic carbocycles. The van der Waals surface area contributed by atoms with Gasteiger partial charge in [-0.3, -0.25) is 9.59 Å². The van der Waals surface area contributed by atoms with E-state index in [2.05, 4.69) is 5.10 Å². The van der Waals surface area contributed by atoms with Gasteiger partial charge in [-0.25, -0.2) is 4.68 Å². The number of hydrogen-bond acceptors (Lipinski definition) is 3. The molecule has 0 saturated carbocycles. The van der Waals surface area contributed by atoms with Crippen molar-refractivity contribution in [3.05, 3.63) is 81.6 Å². The Bertz CT molecular complexity index is 1160. The third-order valence-corrected chi connectivity index (χ3v) is 5.02. The van der Waals surface area contributed by atoms with Gasteiger partial charge >= 0.3 is 6.18 Å².